The van der Waals surface area contributed by atoms with Gasteiger partial charge in [0.15, 0.2) is 0 Å². The maximum atomic E-state index is 2.47. The van der Waals surface area contributed by atoms with Crippen molar-refractivity contribution in [2.45, 2.75) is 19.3 Å². The van der Waals surface area contributed by atoms with E-state index in [1.807, 2.05) is 11.3 Å². The maximum absolute atomic E-state index is 2.47. The van der Waals surface area contributed by atoms with E-state index >= 15 is 0 Å². The molecule has 0 fully saturated rings. The Bertz CT molecular complexity index is 3730. The van der Waals surface area contributed by atoms with Gasteiger partial charge in [0.2, 0.25) is 0 Å². The van der Waals surface area contributed by atoms with Crippen molar-refractivity contribution in [3.63, 3.8) is 0 Å². The molecule has 3 aromatic heterocycles. The van der Waals surface area contributed by atoms with E-state index < -0.39 is 0 Å². The Kier molecular flexibility index (Phi) is 6.98. The summed E-state index contributed by atoms with van der Waals surface area (Å²) >= 11 is 1.93. The molecule has 9 aromatic carbocycles. The van der Waals surface area contributed by atoms with Gasteiger partial charge in [0.1, 0.15) is 0 Å². The molecule has 1 aliphatic rings. The summed E-state index contributed by atoms with van der Waals surface area (Å²) in [5, 5.41) is 7.74. The monoisotopic (exact) mass is 782 g/mol. The number of benzene rings is 9. The summed E-state index contributed by atoms with van der Waals surface area (Å²) in [4.78, 5) is 0. The topological polar surface area (TPSA) is 9.86 Å². The van der Waals surface area contributed by atoms with Crippen LogP contribution in [0.4, 0.5) is 0 Å². The van der Waals surface area contributed by atoms with Crippen molar-refractivity contribution in [3.8, 4) is 44.8 Å². The highest BCUT2D eigenvalue weighted by Gasteiger charge is 2.37. The van der Waals surface area contributed by atoms with E-state index in [1.165, 1.54) is 114 Å². The van der Waals surface area contributed by atoms with Gasteiger partial charge in [0.05, 0.1) is 22.1 Å². The third-order valence-corrected chi connectivity index (χ3v) is 14.5. The van der Waals surface area contributed by atoms with Crippen molar-refractivity contribution in [2.75, 3.05) is 0 Å². The molecule has 0 atom stereocenters. The second-order valence-corrected chi connectivity index (χ2v) is 18.0. The molecule has 0 saturated carbocycles. The molecule has 282 valence electrons. The molecule has 0 aliphatic heterocycles. The minimum Gasteiger partial charge on any atom is -0.309 e. The van der Waals surface area contributed by atoms with Gasteiger partial charge in [-0.2, -0.15) is 0 Å². The molecule has 2 nitrogen and oxygen atoms in total. The van der Waals surface area contributed by atoms with Crippen LogP contribution in [0.25, 0.3) is 109 Å². The summed E-state index contributed by atoms with van der Waals surface area (Å²) < 4.78 is 7.58. The fraction of sp³-hybridized carbons (Fsp3) is 0.0526. The van der Waals surface area contributed by atoms with E-state index in [0.717, 1.165) is 5.69 Å². The lowest BCUT2D eigenvalue weighted by molar-refractivity contribution is 0.661. The van der Waals surface area contributed by atoms with Crippen molar-refractivity contribution in [2.24, 2.45) is 0 Å². The van der Waals surface area contributed by atoms with Crippen molar-refractivity contribution in [3.05, 3.63) is 205 Å². The van der Waals surface area contributed by atoms with Crippen molar-refractivity contribution in [1.82, 2.24) is 9.13 Å². The average Bonchev–Trinajstić information content (AvgIpc) is 4.01. The highest BCUT2D eigenvalue weighted by Crippen LogP contribution is 2.54. The molecule has 3 heterocycles. The predicted molar refractivity (Wildman–Crippen MR) is 256 cm³/mol. The molecule has 0 radical (unpaired) electrons. The van der Waals surface area contributed by atoms with Gasteiger partial charge in [-0.15, -0.1) is 11.3 Å². The first kappa shape index (κ1) is 33.7. The summed E-state index contributed by atoms with van der Waals surface area (Å²) in [6, 6.07) is 72.1. The molecule has 0 spiro atoms. The fourth-order valence-corrected chi connectivity index (χ4v) is 11.7. The van der Waals surface area contributed by atoms with Crippen LogP contribution in [0.2, 0.25) is 0 Å². The van der Waals surface area contributed by atoms with Crippen molar-refractivity contribution < 1.29 is 0 Å². The van der Waals surface area contributed by atoms with Gasteiger partial charge >= 0.3 is 0 Å². The van der Waals surface area contributed by atoms with Crippen LogP contribution >= 0.6 is 11.3 Å². The molecule has 0 N–H and O–H groups in total. The minimum absolute atomic E-state index is 0.107. The zero-order valence-electron chi connectivity index (χ0n) is 33.3. The van der Waals surface area contributed by atoms with Gasteiger partial charge in [-0.25, -0.2) is 0 Å². The number of fused-ring (bicyclic) bond motifs is 13. The van der Waals surface area contributed by atoms with E-state index in [2.05, 4.69) is 217 Å². The quantitative estimate of drug-likeness (QED) is 0.168. The van der Waals surface area contributed by atoms with Gasteiger partial charge in [0, 0.05) is 64.1 Å². The summed E-state index contributed by atoms with van der Waals surface area (Å²) in [5.41, 5.74) is 17.6. The van der Waals surface area contributed by atoms with Gasteiger partial charge in [-0.1, -0.05) is 135 Å². The number of aromatic nitrogens is 2. The van der Waals surface area contributed by atoms with E-state index in [-0.39, 0.29) is 5.41 Å². The maximum Gasteiger partial charge on any atom is 0.0547 e. The molecule has 0 amide bonds. The Balaban J connectivity index is 0.965. The van der Waals surface area contributed by atoms with Crippen LogP contribution in [0.1, 0.15) is 25.0 Å². The number of nitrogens with zero attached hydrogens (tertiary/aromatic N) is 2. The number of hydrogen-bond acceptors (Lipinski definition) is 1. The van der Waals surface area contributed by atoms with E-state index in [0.29, 0.717) is 0 Å². The van der Waals surface area contributed by atoms with Gasteiger partial charge in [-0.3, -0.25) is 0 Å². The molecule has 0 bridgehead atoms. The number of rotatable bonds is 4. The summed E-state index contributed by atoms with van der Waals surface area (Å²) in [6.45, 7) is 4.79. The molecule has 12 aromatic rings. The van der Waals surface area contributed by atoms with Crippen LogP contribution in [0.3, 0.4) is 0 Å². The zero-order chi connectivity index (χ0) is 39.7. The van der Waals surface area contributed by atoms with Crippen LogP contribution in [-0.4, -0.2) is 9.13 Å². The molecule has 60 heavy (non-hydrogen) atoms. The Labute approximate surface area is 351 Å². The average molecular weight is 783 g/mol. The summed E-state index contributed by atoms with van der Waals surface area (Å²) in [7, 11) is 0. The van der Waals surface area contributed by atoms with Gasteiger partial charge in [0.25, 0.3) is 0 Å². The number of thiophene rings is 1. The third-order valence-electron chi connectivity index (χ3n) is 13.3. The fourth-order valence-electron chi connectivity index (χ4n) is 10.4. The van der Waals surface area contributed by atoms with Crippen LogP contribution in [0.15, 0.2) is 194 Å². The Morgan fingerprint density at radius 3 is 1.60 bits per heavy atom. The molecular weight excluding hydrogens is 745 g/mol. The van der Waals surface area contributed by atoms with Crippen LogP contribution in [0.5, 0.6) is 0 Å². The highest BCUT2D eigenvalue weighted by molar-refractivity contribution is 7.26. The smallest absolute Gasteiger partial charge is 0.0547 e. The highest BCUT2D eigenvalue weighted by atomic mass is 32.1. The first-order valence-corrected chi connectivity index (χ1v) is 21.7. The summed E-state index contributed by atoms with van der Waals surface area (Å²) in [6.07, 6.45) is 0. The van der Waals surface area contributed by atoms with Gasteiger partial charge < -0.3 is 9.13 Å². The van der Waals surface area contributed by atoms with Crippen molar-refractivity contribution in [1.29, 1.82) is 0 Å². The number of para-hydroxylation sites is 3. The SMILES string of the molecule is CC1(C)c2cc(-c3ccc4c5cc(-c6ccc7c(c6)c6ccccc6n7-c6ccccc6)ccc5n(-c5ccccc5)c4c3)ccc2-c2c1ccc1c2sc2ccccc21. The minimum atomic E-state index is -0.107. The standard InChI is InChI=1S/C57H38N2S/c1-57(2)48-28-27-44-43-18-10-12-20-54(43)60-56(44)55(48)45-26-22-37(33-49(45)57)38-21-25-42-47-32-36(24-30-52(47)59(53(42)34-38)40-15-7-4-8-16-40)35-23-29-51-46(31-35)41-17-9-11-19-50(41)58(51)39-13-5-3-6-14-39/h3-34H,1-2H3. The first-order chi connectivity index (χ1) is 29.5. The Morgan fingerprint density at radius 2 is 0.883 bits per heavy atom. The van der Waals surface area contributed by atoms with Crippen LogP contribution in [0, 0.1) is 0 Å². The second-order valence-electron chi connectivity index (χ2n) is 16.9. The summed E-state index contributed by atoms with van der Waals surface area (Å²) in [5.74, 6) is 0. The largest absolute Gasteiger partial charge is 0.309 e. The van der Waals surface area contributed by atoms with Gasteiger partial charge in [-0.05, 0) is 112 Å². The Hall–Kier alpha value is -7.20. The predicted octanol–water partition coefficient (Wildman–Crippen LogP) is 15.9. The van der Waals surface area contributed by atoms with Crippen LogP contribution < -0.4 is 0 Å². The van der Waals surface area contributed by atoms with E-state index in [9.17, 15) is 0 Å². The molecule has 13 rings (SSSR count). The zero-order valence-corrected chi connectivity index (χ0v) is 34.1. The lowest BCUT2D eigenvalue weighted by Gasteiger charge is -2.22. The van der Waals surface area contributed by atoms with E-state index in [4.69, 9.17) is 0 Å². The molecule has 0 unspecified atom stereocenters. The first-order valence-electron chi connectivity index (χ1n) is 20.8. The molecular formula is C57H38N2S. The van der Waals surface area contributed by atoms with Crippen molar-refractivity contribution >= 4 is 75.1 Å². The van der Waals surface area contributed by atoms with E-state index in [1.54, 1.807) is 0 Å². The van der Waals surface area contributed by atoms with Crippen LogP contribution in [-0.2, 0) is 5.41 Å². The molecule has 3 heteroatoms. The Morgan fingerprint density at radius 1 is 0.367 bits per heavy atom. The normalized spacial score (nSPS) is 13.3. The third kappa shape index (κ3) is 4.70. The molecule has 1 aliphatic carbocycles. The lowest BCUT2D eigenvalue weighted by atomic mass is 9.81. The molecule has 0 saturated heterocycles. The lowest BCUT2D eigenvalue weighted by Crippen LogP contribution is -2.14. The second kappa shape index (κ2) is 12.4. The number of hydrogen-bond donors (Lipinski definition) is 0.